The molecule has 1 aromatic rings. The number of carbonyl (C=O) groups is 1. The van der Waals surface area contributed by atoms with Crippen molar-refractivity contribution in [3.63, 3.8) is 0 Å². The molecule has 0 saturated heterocycles. The van der Waals surface area contributed by atoms with Crippen molar-refractivity contribution in [1.82, 2.24) is 0 Å². The fourth-order valence-electron chi connectivity index (χ4n) is 3.10. The van der Waals surface area contributed by atoms with Crippen molar-refractivity contribution >= 4 is 20.3 Å². The fraction of sp³-hybridized carbons (Fsp3) is 0.619. The summed E-state index contributed by atoms with van der Waals surface area (Å²) in [6.07, 6.45) is 1.51. The van der Waals surface area contributed by atoms with Gasteiger partial charge in [0, 0.05) is 38.1 Å². The molecule has 0 radical (unpaired) electrons. The average molecular weight is 394 g/mol. The molecule has 0 bridgehead atoms. The van der Waals surface area contributed by atoms with E-state index in [1.54, 1.807) is 6.92 Å². The molecule has 1 aromatic carbocycles. The highest BCUT2D eigenvalue weighted by atomic mass is 28.4. The van der Waals surface area contributed by atoms with Crippen molar-refractivity contribution in [2.75, 3.05) is 26.4 Å². The molecule has 27 heavy (non-hydrogen) atoms. The summed E-state index contributed by atoms with van der Waals surface area (Å²) < 4.78 is 17.6. The van der Waals surface area contributed by atoms with Gasteiger partial charge in [0.05, 0.1) is 5.92 Å². The Labute approximate surface area is 165 Å². The lowest BCUT2D eigenvalue weighted by Gasteiger charge is -2.28. The number of carbonyl (C=O) groups excluding carboxylic acids is 1. The molecule has 6 heteroatoms. The van der Waals surface area contributed by atoms with Crippen LogP contribution in [0.5, 0.6) is 0 Å². The Morgan fingerprint density at radius 3 is 2.04 bits per heavy atom. The van der Waals surface area contributed by atoms with Gasteiger partial charge in [-0.1, -0.05) is 30.3 Å². The summed E-state index contributed by atoms with van der Waals surface area (Å²) in [6.45, 7) is 11.9. The van der Waals surface area contributed by atoms with Crippen LogP contribution in [0, 0.1) is 5.92 Å². The molecule has 0 amide bonds. The summed E-state index contributed by atoms with van der Waals surface area (Å²) in [5.74, 6) is -0.0122. The number of Topliss-reactive ketones (excluding diaryl/α,β-unsaturated/α-hetero) is 1. The third-order valence-electron chi connectivity index (χ3n) is 4.37. The molecule has 1 atom stereocenters. The minimum atomic E-state index is -2.61. The van der Waals surface area contributed by atoms with E-state index >= 15 is 0 Å². The van der Waals surface area contributed by atoms with Gasteiger partial charge in [0.25, 0.3) is 0 Å². The Morgan fingerprint density at radius 2 is 1.56 bits per heavy atom. The topological polar surface area (TPSA) is 57.1 Å². The summed E-state index contributed by atoms with van der Waals surface area (Å²) >= 11 is 0. The number of aliphatic imine (C=N–C) groups is 1. The van der Waals surface area contributed by atoms with E-state index in [1.807, 2.05) is 45.9 Å². The molecule has 0 N–H and O–H groups in total. The van der Waals surface area contributed by atoms with E-state index in [2.05, 4.69) is 17.1 Å². The first-order chi connectivity index (χ1) is 13.0. The highest BCUT2D eigenvalue weighted by Crippen LogP contribution is 2.19. The van der Waals surface area contributed by atoms with Crippen LogP contribution in [-0.2, 0) is 24.5 Å². The van der Waals surface area contributed by atoms with E-state index < -0.39 is 8.80 Å². The Bertz CT molecular complexity index is 560. The monoisotopic (exact) mass is 393 g/mol. The summed E-state index contributed by atoms with van der Waals surface area (Å²) in [6, 6.07) is 10.8. The fourth-order valence-corrected chi connectivity index (χ4v) is 5.69. The van der Waals surface area contributed by atoms with E-state index in [1.165, 1.54) is 0 Å². The summed E-state index contributed by atoms with van der Waals surface area (Å²) in [5.41, 5.74) is 2.05. The van der Waals surface area contributed by atoms with E-state index in [4.69, 9.17) is 13.3 Å². The standard InChI is InChI=1S/C21H35NO4Si/c1-6-24-27(25-7-2,26-8-3)16-12-15-22-18(4)21(19(5)23)17-20-13-10-9-11-14-20/h9-11,13-14,21H,6-8,12,15-17H2,1-5H3. The second-order valence-electron chi connectivity index (χ2n) is 6.46. The zero-order valence-electron chi connectivity index (χ0n) is 17.5. The lowest BCUT2D eigenvalue weighted by Crippen LogP contribution is -2.46. The van der Waals surface area contributed by atoms with Crippen LogP contribution < -0.4 is 0 Å². The van der Waals surface area contributed by atoms with Gasteiger partial charge in [0.1, 0.15) is 5.78 Å². The predicted octanol–water partition coefficient (Wildman–Crippen LogP) is 4.33. The average Bonchev–Trinajstić information content (AvgIpc) is 2.64. The molecule has 0 aromatic heterocycles. The van der Waals surface area contributed by atoms with E-state index in [9.17, 15) is 4.79 Å². The van der Waals surface area contributed by atoms with Crippen LogP contribution in [0.2, 0.25) is 6.04 Å². The number of hydrogen-bond donors (Lipinski definition) is 0. The highest BCUT2D eigenvalue weighted by Gasteiger charge is 2.39. The Morgan fingerprint density at radius 1 is 1.00 bits per heavy atom. The van der Waals surface area contributed by atoms with Gasteiger partial charge in [-0.05, 0) is 53.0 Å². The number of rotatable bonds is 14. The predicted molar refractivity (Wildman–Crippen MR) is 112 cm³/mol. The van der Waals surface area contributed by atoms with Gasteiger partial charge in [-0.2, -0.15) is 0 Å². The minimum Gasteiger partial charge on any atom is -0.374 e. The van der Waals surface area contributed by atoms with Gasteiger partial charge in [-0.15, -0.1) is 0 Å². The second-order valence-corrected chi connectivity index (χ2v) is 9.19. The molecule has 0 aliphatic carbocycles. The van der Waals surface area contributed by atoms with Crippen LogP contribution in [-0.4, -0.2) is 46.7 Å². The van der Waals surface area contributed by atoms with Crippen molar-refractivity contribution in [1.29, 1.82) is 0 Å². The van der Waals surface area contributed by atoms with Crippen LogP contribution in [0.25, 0.3) is 0 Å². The van der Waals surface area contributed by atoms with Gasteiger partial charge in [-0.3, -0.25) is 9.79 Å². The van der Waals surface area contributed by atoms with E-state index in [0.717, 1.165) is 23.7 Å². The van der Waals surface area contributed by atoms with Crippen molar-refractivity contribution in [2.45, 2.75) is 53.5 Å². The quantitative estimate of drug-likeness (QED) is 0.268. The van der Waals surface area contributed by atoms with Gasteiger partial charge in [0.15, 0.2) is 0 Å². The maximum Gasteiger partial charge on any atom is 0.500 e. The lowest BCUT2D eigenvalue weighted by atomic mass is 9.92. The number of hydrogen-bond acceptors (Lipinski definition) is 5. The Kier molecular flexibility index (Phi) is 11.4. The molecule has 0 heterocycles. The Balaban J connectivity index is 2.67. The maximum absolute atomic E-state index is 12.1. The third-order valence-corrected chi connectivity index (χ3v) is 7.52. The van der Waals surface area contributed by atoms with Crippen molar-refractivity contribution in [3.05, 3.63) is 35.9 Å². The summed E-state index contributed by atoms with van der Waals surface area (Å²) in [5, 5.41) is 0. The Hall–Kier alpha value is -1.34. The van der Waals surface area contributed by atoms with Gasteiger partial charge < -0.3 is 13.3 Å². The van der Waals surface area contributed by atoms with Crippen LogP contribution >= 0.6 is 0 Å². The molecule has 1 unspecified atom stereocenters. The molecule has 0 aliphatic rings. The zero-order valence-corrected chi connectivity index (χ0v) is 18.5. The molecular weight excluding hydrogens is 358 g/mol. The third kappa shape index (κ3) is 8.47. The normalized spacial score (nSPS) is 13.6. The minimum absolute atomic E-state index is 0.154. The maximum atomic E-state index is 12.1. The van der Waals surface area contributed by atoms with Crippen LogP contribution in [0.15, 0.2) is 35.3 Å². The van der Waals surface area contributed by atoms with E-state index in [0.29, 0.717) is 32.8 Å². The van der Waals surface area contributed by atoms with Crippen molar-refractivity contribution in [2.24, 2.45) is 10.9 Å². The molecule has 0 spiro atoms. The SMILES string of the molecule is CCO[Si](CCCN=C(C)C(Cc1ccccc1)C(C)=O)(OCC)OCC. The largest absolute Gasteiger partial charge is 0.500 e. The second kappa shape index (κ2) is 12.9. The van der Waals surface area contributed by atoms with Gasteiger partial charge in [0.2, 0.25) is 0 Å². The van der Waals surface area contributed by atoms with Gasteiger partial charge >= 0.3 is 8.80 Å². The first-order valence-electron chi connectivity index (χ1n) is 9.95. The number of benzene rings is 1. The van der Waals surface area contributed by atoms with Crippen LogP contribution in [0.3, 0.4) is 0 Å². The molecule has 0 saturated carbocycles. The molecule has 5 nitrogen and oxygen atoms in total. The van der Waals surface area contributed by atoms with Crippen LogP contribution in [0.4, 0.5) is 0 Å². The molecule has 152 valence electrons. The smallest absolute Gasteiger partial charge is 0.374 e. The zero-order chi connectivity index (χ0) is 20.1. The number of nitrogens with zero attached hydrogens (tertiary/aromatic N) is 1. The first kappa shape index (κ1) is 23.7. The van der Waals surface area contributed by atoms with E-state index in [-0.39, 0.29) is 11.7 Å². The molecule has 0 fully saturated rings. The first-order valence-corrected chi connectivity index (χ1v) is 11.9. The lowest BCUT2D eigenvalue weighted by molar-refractivity contribution is -0.118. The highest BCUT2D eigenvalue weighted by molar-refractivity contribution is 6.60. The molecule has 1 rings (SSSR count). The van der Waals surface area contributed by atoms with Crippen molar-refractivity contribution in [3.8, 4) is 0 Å². The van der Waals surface area contributed by atoms with Crippen LogP contribution in [0.1, 0.15) is 46.6 Å². The van der Waals surface area contributed by atoms with Gasteiger partial charge in [-0.25, -0.2) is 0 Å². The molecular formula is C21H35NO4Si. The van der Waals surface area contributed by atoms with Crippen molar-refractivity contribution < 1.29 is 18.1 Å². The summed E-state index contributed by atoms with van der Waals surface area (Å²) in [4.78, 5) is 16.8. The molecule has 0 aliphatic heterocycles. The summed E-state index contributed by atoms with van der Waals surface area (Å²) in [7, 11) is -2.61. The number of ketones is 1.